The van der Waals surface area contributed by atoms with Gasteiger partial charge in [0.15, 0.2) is 5.82 Å². The minimum absolute atomic E-state index is 0.675. The van der Waals surface area contributed by atoms with E-state index >= 15 is 0 Å². The molecule has 4 nitrogen and oxygen atoms in total. The zero-order valence-corrected chi connectivity index (χ0v) is 6.26. The molecule has 0 aliphatic rings. The fraction of sp³-hybridized carbons (Fsp3) is 0.500. The molecule has 1 aromatic rings. The van der Waals surface area contributed by atoms with Crippen LogP contribution in [0.2, 0.25) is 0 Å². The summed E-state index contributed by atoms with van der Waals surface area (Å²) in [5.74, 6) is 0.675. The molecule has 0 aliphatic heterocycles. The van der Waals surface area contributed by atoms with E-state index in [0.717, 1.165) is 11.9 Å². The lowest BCUT2D eigenvalue weighted by atomic mass is 10.7. The van der Waals surface area contributed by atoms with Crippen molar-refractivity contribution in [2.24, 2.45) is 0 Å². The molecule has 1 aromatic heterocycles. The predicted octanol–water partition coefficient (Wildman–Crippen LogP) is 0.876. The molecule has 0 spiro atoms. The normalized spacial score (nSPS) is 9.44. The Morgan fingerprint density at radius 1 is 1.78 bits per heavy atom. The second-order valence-corrected chi connectivity index (χ2v) is 2.20. The summed E-state index contributed by atoms with van der Waals surface area (Å²) in [5.41, 5.74) is 0. The number of nitrogens with zero attached hydrogens (tertiary/aromatic N) is 2. The third-order valence-electron chi connectivity index (χ3n) is 0.762. The van der Waals surface area contributed by atoms with E-state index in [-0.39, 0.29) is 0 Å². The van der Waals surface area contributed by atoms with Crippen LogP contribution < -0.4 is 5.32 Å². The Kier molecular flexibility index (Phi) is 2.50. The maximum atomic E-state index is 4.33. The van der Waals surface area contributed by atoms with Crippen molar-refractivity contribution < 1.29 is 4.63 Å². The maximum absolute atomic E-state index is 4.33. The number of hydrogen-bond acceptors (Lipinski definition) is 4. The fourth-order valence-corrected chi connectivity index (χ4v) is 0.616. The van der Waals surface area contributed by atoms with Gasteiger partial charge in [-0.05, 0) is 5.16 Å². The molecule has 1 heterocycles. The second kappa shape index (κ2) is 3.45. The summed E-state index contributed by atoms with van der Waals surface area (Å²) in [7, 11) is 0. The van der Waals surface area contributed by atoms with E-state index in [1.807, 2.05) is 0 Å². The van der Waals surface area contributed by atoms with Crippen LogP contribution in [-0.2, 0) is 0 Å². The van der Waals surface area contributed by atoms with E-state index in [9.17, 15) is 0 Å². The Morgan fingerprint density at radius 2 is 2.67 bits per heavy atom. The second-order valence-electron chi connectivity index (χ2n) is 1.41. The summed E-state index contributed by atoms with van der Waals surface area (Å²) >= 11 is 3.25. The lowest BCUT2D eigenvalue weighted by Crippen LogP contribution is -2.01. The van der Waals surface area contributed by atoms with Crippen LogP contribution in [0.4, 0.5) is 5.82 Å². The Labute approximate surface area is 60.7 Å². The summed E-state index contributed by atoms with van der Waals surface area (Å²) in [6.07, 6.45) is 1.53. The number of halogens is 1. The Morgan fingerprint density at radius 3 is 3.22 bits per heavy atom. The molecule has 0 saturated carbocycles. The van der Waals surface area contributed by atoms with Gasteiger partial charge in [0.25, 0.3) is 0 Å². The molecular formula is C4H6BrN3O. The quantitative estimate of drug-likeness (QED) is 0.722. The number of nitrogens with one attached hydrogen (secondary N) is 1. The first-order valence-corrected chi connectivity index (χ1v) is 3.63. The first-order chi connectivity index (χ1) is 4.43. The van der Waals surface area contributed by atoms with Crippen molar-refractivity contribution >= 4 is 21.7 Å². The zero-order valence-electron chi connectivity index (χ0n) is 4.67. The largest absolute Gasteiger partial charge is 0.365 e. The molecule has 1 rings (SSSR count). The van der Waals surface area contributed by atoms with Crippen LogP contribution >= 0.6 is 15.9 Å². The van der Waals surface area contributed by atoms with Crippen LogP contribution in [0.25, 0.3) is 0 Å². The summed E-state index contributed by atoms with van der Waals surface area (Å²) < 4.78 is 4.33. The van der Waals surface area contributed by atoms with E-state index in [4.69, 9.17) is 0 Å². The number of alkyl halides is 1. The van der Waals surface area contributed by atoms with Crippen LogP contribution in [0.3, 0.4) is 0 Å². The van der Waals surface area contributed by atoms with Crippen molar-refractivity contribution in [3.63, 3.8) is 0 Å². The van der Waals surface area contributed by atoms with Crippen LogP contribution in [-0.4, -0.2) is 22.2 Å². The highest BCUT2D eigenvalue weighted by Gasteiger charge is 1.91. The molecule has 0 atom stereocenters. The highest BCUT2D eigenvalue weighted by Crippen LogP contribution is 1.96. The molecular weight excluding hydrogens is 186 g/mol. The lowest BCUT2D eigenvalue weighted by molar-refractivity contribution is 0.308. The van der Waals surface area contributed by atoms with Gasteiger partial charge in [0.1, 0.15) is 6.20 Å². The standard InChI is InChI=1S/C4H6BrN3O/c5-1-2-6-4-3-7-9-8-4/h3H,1-2H2,(H,6,8). The van der Waals surface area contributed by atoms with E-state index in [0.29, 0.717) is 5.82 Å². The molecule has 1 N–H and O–H groups in total. The minimum Gasteiger partial charge on any atom is -0.365 e. The van der Waals surface area contributed by atoms with Crippen molar-refractivity contribution in [3.8, 4) is 0 Å². The minimum atomic E-state index is 0.675. The van der Waals surface area contributed by atoms with Crippen molar-refractivity contribution in [2.75, 3.05) is 17.2 Å². The average Bonchev–Trinajstić information content (AvgIpc) is 2.34. The fourth-order valence-electron chi connectivity index (χ4n) is 0.418. The Hall–Kier alpha value is -0.580. The lowest BCUT2D eigenvalue weighted by Gasteiger charge is -1.92. The summed E-state index contributed by atoms with van der Waals surface area (Å²) in [6, 6.07) is 0. The molecule has 0 aliphatic carbocycles. The highest BCUT2D eigenvalue weighted by molar-refractivity contribution is 9.09. The number of anilines is 1. The zero-order chi connectivity index (χ0) is 6.53. The Balaban J connectivity index is 2.30. The SMILES string of the molecule is BrCCNc1cnon1. The number of hydrogen-bond donors (Lipinski definition) is 1. The smallest absolute Gasteiger partial charge is 0.190 e. The molecule has 50 valence electrons. The van der Waals surface area contributed by atoms with Gasteiger partial charge in [-0.2, -0.15) is 0 Å². The Bertz CT molecular complexity index is 153. The van der Waals surface area contributed by atoms with Gasteiger partial charge in [-0.25, -0.2) is 4.63 Å². The number of rotatable bonds is 3. The van der Waals surface area contributed by atoms with Crippen molar-refractivity contribution in [1.29, 1.82) is 0 Å². The topological polar surface area (TPSA) is 51.0 Å². The van der Waals surface area contributed by atoms with E-state index in [2.05, 4.69) is 36.2 Å². The van der Waals surface area contributed by atoms with E-state index < -0.39 is 0 Å². The van der Waals surface area contributed by atoms with Gasteiger partial charge >= 0.3 is 0 Å². The molecule has 0 bridgehead atoms. The molecule has 0 saturated heterocycles. The molecule has 0 fully saturated rings. The molecule has 5 heteroatoms. The van der Waals surface area contributed by atoms with Crippen molar-refractivity contribution in [3.05, 3.63) is 6.20 Å². The third kappa shape index (κ3) is 2.01. The van der Waals surface area contributed by atoms with Crippen LogP contribution in [0, 0.1) is 0 Å². The van der Waals surface area contributed by atoms with Gasteiger partial charge in [0.2, 0.25) is 0 Å². The van der Waals surface area contributed by atoms with Gasteiger partial charge in [-0.3, -0.25) is 0 Å². The first kappa shape index (κ1) is 6.54. The van der Waals surface area contributed by atoms with Crippen molar-refractivity contribution in [2.45, 2.75) is 0 Å². The molecule has 0 amide bonds. The highest BCUT2D eigenvalue weighted by atomic mass is 79.9. The predicted molar refractivity (Wildman–Crippen MR) is 36.6 cm³/mol. The maximum Gasteiger partial charge on any atom is 0.190 e. The third-order valence-corrected chi connectivity index (χ3v) is 1.16. The molecule has 9 heavy (non-hydrogen) atoms. The van der Waals surface area contributed by atoms with Crippen molar-refractivity contribution in [1.82, 2.24) is 10.3 Å². The van der Waals surface area contributed by atoms with Crippen LogP contribution in [0.1, 0.15) is 0 Å². The summed E-state index contributed by atoms with van der Waals surface area (Å²) in [5, 5.41) is 10.8. The molecule has 0 aromatic carbocycles. The van der Waals surface area contributed by atoms with Gasteiger partial charge in [0.05, 0.1) is 0 Å². The molecule has 0 radical (unpaired) electrons. The van der Waals surface area contributed by atoms with Gasteiger partial charge in [0, 0.05) is 11.9 Å². The van der Waals surface area contributed by atoms with Gasteiger partial charge < -0.3 is 5.32 Å². The average molecular weight is 192 g/mol. The van der Waals surface area contributed by atoms with Crippen LogP contribution in [0.5, 0.6) is 0 Å². The van der Waals surface area contributed by atoms with E-state index in [1.165, 1.54) is 6.20 Å². The summed E-state index contributed by atoms with van der Waals surface area (Å²) in [6.45, 7) is 0.828. The molecule has 0 unspecified atom stereocenters. The van der Waals surface area contributed by atoms with Gasteiger partial charge in [-0.15, -0.1) is 0 Å². The van der Waals surface area contributed by atoms with Crippen LogP contribution in [0.15, 0.2) is 10.8 Å². The van der Waals surface area contributed by atoms with Gasteiger partial charge in [-0.1, -0.05) is 21.1 Å². The monoisotopic (exact) mass is 191 g/mol. The summed E-state index contributed by atoms with van der Waals surface area (Å²) in [4.78, 5) is 0. The van der Waals surface area contributed by atoms with E-state index in [1.54, 1.807) is 0 Å². The first-order valence-electron chi connectivity index (χ1n) is 2.51. The number of aromatic nitrogens is 2.